The average molecular weight is 294 g/mol. The van der Waals surface area contributed by atoms with Gasteiger partial charge in [0.2, 0.25) is 5.91 Å². The van der Waals surface area contributed by atoms with Crippen molar-refractivity contribution in [2.75, 3.05) is 5.32 Å². The minimum Gasteiger partial charge on any atom is -0.310 e. The zero-order valence-corrected chi connectivity index (χ0v) is 11.8. The standard InChI is InChI=1S/C13H12ClN3OS/c1-9(19-12-4-2-3-7-15-12)13(18)17-11-6-5-10(14)8-16-11/h2-9H,1H3,(H,16,17,18)/t9-/m0/s1. The van der Waals surface area contributed by atoms with Crippen LogP contribution in [0.25, 0.3) is 0 Å². The van der Waals surface area contributed by atoms with Gasteiger partial charge in [-0.1, -0.05) is 29.4 Å². The summed E-state index contributed by atoms with van der Waals surface area (Å²) in [5, 5.41) is 3.82. The maximum absolute atomic E-state index is 12.0. The largest absolute Gasteiger partial charge is 0.310 e. The number of anilines is 1. The lowest BCUT2D eigenvalue weighted by Crippen LogP contribution is -2.22. The molecule has 1 N–H and O–H groups in total. The van der Waals surface area contributed by atoms with Gasteiger partial charge in [0.1, 0.15) is 5.82 Å². The van der Waals surface area contributed by atoms with E-state index in [0.717, 1.165) is 5.03 Å². The molecule has 0 fully saturated rings. The summed E-state index contributed by atoms with van der Waals surface area (Å²) in [5.41, 5.74) is 0. The molecule has 2 rings (SSSR count). The Labute approximate surface area is 120 Å². The van der Waals surface area contributed by atoms with Gasteiger partial charge < -0.3 is 5.32 Å². The van der Waals surface area contributed by atoms with Crippen LogP contribution in [0, 0.1) is 0 Å². The number of carbonyl (C=O) groups excluding carboxylic acids is 1. The third kappa shape index (κ3) is 4.22. The summed E-state index contributed by atoms with van der Waals surface area (Å²) < 4.78 is 0. The molecule has 2 aromatic rings. The van der Waals surface area contributed by atoms with Gasteiger partial charge in [-0.15, -0.1) is 0 Å². The smallest absolute Gasteiger partial charge is 0.238 e. The van der Waals surface area contributed by atoms with Gasteiger partial charge >= 0.3 is 0 Å². The highest BCUT2D eigenvalue weighted by Gasteiger charge is 2.15. The molecule has 0 radical (unpaired) electrons. The highest BCUT2D eigenvalue weighted by molar-refractivity contribution is 8.00. The molecular weight excluding hydrogens is 282 g/mol. The first-order valence-corrected chi connectivity index (χ1v) is 6.91. The quantitative estimate of drug-likeness (QED) is 0.879. The van der Waals surface area contributed by atoms with E-state index in [-0.39, 0.29) is 11.2 Å². The van der Waals surface area contributed by atoms with Crippen LogP contribution in [0.15, 0.2) is 47.8 Å². The molecular formula is C13H12ClN3OS. The van der Waals surface area contributed by atoms with Crippen molar-refractivity contribution in [1.29, 1.82) is 0 Å². The van der Waals surface area contributed by atoms with E-state index in [0.29, 0.717) is 10.8 Å². The SMILES string of the molecule is C[C@H](Sc1ccccn1)C(=O)Nc1ccc(Cl)cn1. The molecule has 2 aromatic heterocycles. The van der Waals surface area contributed by atoms with Gasteiger partial charge in [0, 0.05) is 12.4 Å². The highest BCUT2D eigenvalue weighted by Crippen LogP contribution is 2.21. The first-order chi connectivity index (χ1) is 9.15. The summed E-state index contributed by atoms with van der Waals surface area (Å²) in [5.74, 6) is 0.369. The van der Waals surface area contributed by atoms with Gasteiger partial charge in [0.15, 0.2) is 0 Å². The summed E-state index contributed by atoms with van der Waals surface area (Å²) in [6.45, 7) is 1.82. The Kier molecular flexibility index (Phi) is 4.76. The maximum Gasteiger partial charge on any atom is 0.238 e. The van der Waals surface area contributed by atoms with E-state index in [9.17, 15) is 4.79 Å². The molecule has 0 spiro atoms. The van der Waals surface area contributed by atoms with E-state index < -0.39 is 0 Å². The number of carbonyl (C=O) groups is 1. The fourth-order valence-corrected chi connectivity index (χ4v) is 2.25. The minimum absolute atomic E-state index is 0.120. The Hall–Kier alpha value is -1.59. The summed E-state index contributed by atoms with van der Waals surface area (Å²) in [6, 6.07) is 8.95. The van der Waals surface area contributed by atoms with Gasteiger partial charge in [0.05, 0.1) is 15.3 Å². The second-order valence-electron chi connectivity index (χ2n) is 3.78. The molecule has 0 aliphatic carbocycles. The number of hydrogen-bond acceptors (Lipinski definition) is 4. The number of nitrogens with one attached hydrogen (secondary N) is 1. The summed E-state index contributed by atoms with van der Waals surface area (Å²) >= 11 is 7.13. The van der Waals surface area contributed by atoms with E-state index in [1.54, 1.807) is 18.3 Å². The molecule has 0 unspecified atom stereocenters. The Morgan fingerprint density at radius 2 is 2.16 bits per heavy atom. The second-order valence-corrected chi connectivity index (χ2v) is 5.58. The Bertz CT molecular complexity index is 548. The van der Waals surface area contributed by atoms with E-state index in [1.807, 2.05) is 25.1 Å². The van der Waals surface area contributed by atoms with Crippen molar-refractivity contribution in [3.8, 4) is 0 Å². The molecule has 0 aromatic carbocycles. The van der Waals surface area contributed by atoms with Crippen molar-refractivity contribution < 1.29 is 4.79 Å². The number of rotatable bonds is 4. The van der Waals surface area contributed by atoms with Crippen LogP contribution in [-0.4, -0.2) is 21.1 Å². The lowest BCUT2D eigenvalue weighted by Gasteiger charge is -2.10. The monoisotopic (exact) mass is 293 g/mol. The minimum atomic E-state index is -0.257. The van der Waals surface area contributed by atoms with E-state index in [1.165, 1.54) is 18.0 Å². The second kappa shape index (κ2) is 6.54. The topological polar surface area (TPSA) is 54.9 Å². The van der Waals surface area contributed by atoms with Crippen LogP contribution in [0.3, 0.4) is 0 Å². The Morgan fingerprint density at radius 3 is 2.79 bits per heavy atom. The number of pyridine rings is 2. The van der Waals surface area contributed by atoms with Gasteiger partial charge in [-0.25, -0.2) is 9.97 Å². The van der Waals surface area contributed by atoms with Gasteiger partial charge in [-0.2, -0.15) is 0 Å². The molecule has 0 aliphatic heterocycles. The normalized spacial score (nSPS) is 11.9. The first kappa shape index (κ1) is 13.8. The zero-order chi connectivity index (χ0) is 13.7. The molecule has 4 nitrogen and oxygen atoms in total. The molecule has 1 amide bonds. The van der Waals surface area contributed by atoms with Crippen molar-refractivity contribution in [2.45, 2.75) is 17.2 Å². The molecule has 2 heterocycles. The number of thioether (sulfide) groups is 1. The van der Waals surface area contributed by atoms with Crippen molar-refractivity contribution >= 4 is 35.1 Å². The lowest BCUT2D eigenvalue weighted by atomic mass is 10.4. The maximum atomic E-state index is 12.0. The van der Waals surface area contributed by atoms with Crippen LogP contribution in [0.5, 0.6) is 0 Å². The lowest BCUT2D eigenvalue weighted by molar-refractivity contribution is -0.115. The van der Waals surface area contributed by atoms with Crippen LogP contribution in [0.2, 0.25) is 5.02 Å². The van der Waals surface area contributed by atoms with Crippen molar-refractivity contribution in [3.63, 3.8) is 0 Å². The van der Waals surface area contributed by atoms with E-state index in [4.69, 9.17) is 11.6 Å². The molecule has 6 heteroatoms. The van der Waals surface area contributed by atoms with Gasteiger partial charge in [0.25, 0.3) is 0 Å². The fraction of sp³-hybridized carbons (Fsp3) is 0.154. The predicted octanol–water partition coefficient (Wildman–Crippen LogP) is 3.25. The zero-order valence-electron chi connectivity index (χ0n) is 10.2. The molecule has 0 saturated heterocycles. The van der Waals surface area contributed by atoms with Gasteiger partial charge in [-0.05, 0) is 31.2 Å². The predicted molar refractivity (Wildman–Crippen MR) is 77.4 cm³/mol. The van der Waals surface area contributed by atoms with Crippen molar-refractivity contribution in [3.05, 3.63) is 47.7 Å². The van der Waals surface area contributed by atoms with E-state index in [2.05, 4.69) is 15.3 Å². The average Bonchev–Trinajstić information content (AvgIpc) is 2.42. The third-order valence-corrected chi connectivity index (χ3v) is 3.56. The Morgan fingerprint density at radius 1 is 1.32 bits per heavy atom. The number of amides is 1. The van der Waals surface area contributed by atoms with Crippen LogP contribution >= 0.6 is 23.4 Å². The third-order valence-electron chi connectivity index (χ3n) is 2.28. The number of halogens is 1. The molecule has 1 atom stereocenters. The summed E-state index contributed by atoms with van der Waals surface area (Å²) in [6.07, 6.45) is 3.20. The first-order valence-electron chi connectivity index (χ1n) is 5.65. The van der Waals surface area contributed by atoms with Crippen molar-refractivity contribution in [1.82, 2.24) is 9.97 Å². The van der Waals surface area contributed by atoms with Crippen LogP contribution < -0.4 is 5.32 Å². The molecule has 0 aliphatic rings. The van der Waals surface area contributed by atoms with Crippen LogP contribution in [-0.2, 0) is 4.79 Å². The van der Waals surface area contributed by atoms with Crippen LogP contribution in [0.4, 0.5) is 5.82 Å². The highest BCUT2D eigenvalue weighted by atomic mass is 35.5. The number of aromatic nitrogens is 2. The van der Waals surface area contributed by atoms with E-state index >= 15 is 0 Å². The summed E-state index contributed by atoms with van der Waals surface area (Å²) in [4.78, 5) is 20.2. The number of nitrogens with zero attached hydrogens (tertiary/aromatic N) is 2. The van der Waals surface area contributed by atoms with Gasteiger partial charge in [-0.3, -0.25) is 4.79 Å². The molecule has 0 saturated carbocycles. The Balaban J connectivity index is 1.94. The summed E-state index contributed by atoms with van der Waals surface area (Å²) in [7, 11) is 0. The fourth-order valence-electron chi connectivity index (χ4n) is 1.33. The molecule has 98 valence electrons. The molecule has 19 heavy (non-hydrogen) atoms. The van der Waals surface area contributed by atoms with Crippen molar-refractivity contribution in [2.24, 2.45) is 0 Å². The number of hydrogen-bond donors (Lipinski definition) is 1. The molecule has 0 bridgehead atoms. The van der Waals surface area contributed by atoms with Crippen LogP contribution in [0.1, 0.15) is 6.92 Å².